The number of methoxy groups -OCH3 is 1. The van der Waals surface area contributed by atoms with Crippen molar-refractivity contribution in [3.8, 4) is 11.5 Å². The largest absolute Gasteiger partial charge is 0.493 e. The topological polar surface area (TPSA) is 98.8 Å². The first-order valence-corrected chi connectivity index (χ1v) is 12.1. The molecule has 2 fully saturated rings. The summed E-state index contributed by atoms with van der Waals surface area (Å²) in [4.78, 5) is 23.8. The Kier molecular flexibility index (Phi) is 5.52. The van der Waals surface area contributed by atoms with Crippen molar-refractivity contribution < 1.29 is 31.3 Å². The fourth-order valence-electron chi connectivity index (χ4n) is 6.29. The highest BCUT2D eigenvalue weighted by atomic mass is 32.2. The molecule has 7 nitrogen and oxygen atoms in total. The average Bonchev–Trinajstić information content (AvgIpc) is 2.97. The molecule has 4 rings (SSSR count). The van der Waals surface area contributed by atoms with Crippen molar-refractivity contribution in [3.05, 3.63) is 23.3 Å². The number of aryl methyl sites for hydroxylation is 1. The number of hydrogen-bond acceptors (Lipinski definition) is 6. The Hall–Kier alpha value is -2.16. The molecule has 3 aliphatic carbocycles. The number of carbonyl (C=O) groups excluding carboxylic acids is 2. The van der Waals surface area contributed by atoms with E-state index in [1.165, 1.54) is 7.11 Å². The maximum absolute atomic E-state index is 14.5. The summed E-state index contributed by atoms with van der Waals surface area (Å²) >= 11 is 0. The maximum Gasteiger partial charge on any atom is 0.409 e. The van der Waals surface area contributed by atoms with Gasteiger partial charge in [-0.05, 0) is 79.5 Å². The van der Waals surface area contributed by atoms with Gasteiger partial charge in [0.25, 0.3) is 0 Å². The van der Waals surface area contributed by atoms with E-state index in [4.69, 9.17) is 8.92 Å². The normalized spacial score (nSPS) is 31.9. The van der Waals surface area contributed by atoms with Crippen molar-refractivity contribution in [2.45, 2.75) is 64.5 Å². The van der Waals surface area contributed by atoms with E-state index in [1.54, 1.807) is 16.9 Å². The SMILES string of the molecule is CC[C@]12CC[C@@H]3c4cc(OC)c(OS(=O)(=O)NC(C)=O)cc4CC[C@H]3[C@@H]1C[C@@H](F)C2=O. The predicted molar refractivity (Wildman–Crippen MR) is 111 cm³/mol. The smallest absolute Gasteiger partial charge is 0.409 e. The molecule has 170 valence electrons. The number of alkyl halides is 1. The van der Waals surface area contributed by atoms with E-state index in [-0.39, 0.29) is 35.0 Å². The highest BCUT2D eigenvalue weighted by Gasteiger charge is 2.60. The summed E-state index contributed by atoms with van der Waals surface area (Å²) in [6, 6.07) is 3.45. The molecule has 0 aromatic heterocycles. The summed E-state index contributed by atoms with van der Waals surface area (Å²) < 4.78 is 50.8. The number of ether oxygens (including phenoxy) is 1. The Morgan fingerprint density at radius 3 is 2.68 bits per heavy atom. The summed E-state index contributed by atoms with van der Waals surface area (Å²) in [5.74, 6) is -0.271. The van der Waals surface area contributed by atoms with Gasteiger partial charge in [0, 0.05) is 12.3 Å². The van der Waals surface area contributed by atoms with Gasteiger partial charge in [-0.2, -0.15) is 8.42 Å². The van der Waals surface area contributed by atoms with Gasteiger partial charge < -0.3 is 8.92 Å². The molecular weight excluding hydrogens is 425 g/mol. The lowest BCUT2D eigenvalue weighted by atomic mass is 9.54. The van der Waals surface area contributed by atoms with E-state index in [2.05, 4.69) is 0 Å². The molecule has 31 heavy (non-hydrogen) atoms. The van der Waals surface area contributed by atoms with Gasteiger partial charge in [0.05, 0.1) is 7.11 Å². The van der Waals surface area contributed by atoms with Gasteiger partial charge in [-0.25, -0.2) is 9.11 Å². The molecule has 9 heteroatoms. The lowest BCUT2D eigenvalue weighted by molar-refractivity contribution is -0.134. The van der Waals surface area contributed by atoms with Crippen molar-refractivity contribution in [2.75, 3.05) is 7.11 Å². The molecule has 1 aromatic rings. The van der Waals surface area contributed by atoms with Gasteiger partial charge in [0.2, 0.25) is 5.91 Å². The van der Waals surface area contributed by atoms with Crippen LogP contribution in [0.15, 0.2) is 12.1 Å². The molecular formula is C22H28FNO6S. The zero-order chi connectivity index (χ0) is 22.6. The van der Waals surface area contributed by atoms with E-state index >= 15 is 0 Å². The van der Waals surface area contributed by atoms with E-state index in [0.717, 1.165) is 30.9 Å². The zero-order valence-corrected chi connectivity index (χ0v) is 18.8. The number of nitrogens with one attached hydrogen (secondary N) is 1. The Morgan fingerprint density at radius 2 is 2.03 bits per heavy atom. The van der Waals surface area contributed by atoms with Gasteiger partial charge in [-0.15, -0.1) is 0 Å². The molecule has 0 saturated heterocycles. The van der Waals surface area contributed by atoms with Crippen LogP contribution in [0.2, 0.25) is 0 Å². The average molecular weight is 454 g/mol. The Bertz CT molecular complexity index is 1030. The minimum Gasteiger partial charge on any atom is -0.493 e. The first kappa shape index (κ1) is 22.0. The second kappa shape index (κ2) is 7.76. The molecule has 0 bridgehead atoms. The van der Waals surface area contributed by atoms with Crippen molar-refractivity contribution >= 4 is 22.0 Å². The third-order valence-corrected chi connectivity index (χ3v) is 8.49. The van der Waals surface area contributed by atoms with E-state index < -0.39 is 27.8 Å². The van der Waals surface area contributed by atoms with Crippen LogP contribution in [0.25, 0.3) is 0 Å². The number of hydrogen-bond donors (Lipinski definition) is 1. The summed E-state index contributed by atoms with van der Waals surface area (Å²) in [6.45, 7) is 3.07. The fourth-order valence-corrected chi connectivity index (χ4v) is 7.05. The minimum atomic E-state index is -4.31. The molecule has 0 unspecified atom stereocenters. The number of fused-ring (bicyclic) bond motifs is 5. The summed E-state index contributed by atoms with van der Waals surface area (Å²) in [7, 11) is -2.89. The van der Waals surface area contributed by atoms with Crippen LogP contribution in [0.4, 0.5) is 4.39 Å². The van der Waals surface area contributed by atoms with Gasteiger partial charge >= 0.3 is 10.3 Å². The first-order chi connectivity index (χ1) is 14.6. The second-order valence-corrected chi connectivity index (χ2v) is 10.2. The number of rotatable bonds is 5. The van der Waals surface area contributed by atoms with Gasteiger partial charge in [0.15, 0.2) is 23.5 Å². The maximum atomic E-state index is 14.5. The molecule has 0 radical (unpaired) electrons. The molecule has 3 aliphatic rings. The van der Waals surface area contributed by atoms with E-state index in [0.29, 0.717) is 25.7 Å². The molecule has 5 atom stereocenters. The van der Waals surface area contributed by atoms with Crippen LogP contribution in [-0.2, 0) is 26.3 Å². The number of ketones is 1. The number of amides is 1. The standard InChI is InChI=1S/C22H28FNO6S/c1-4-22-8-7-14-15(17(22)11-18(23)21(22)26)6-5-13-9-20(19(29-3)10-16(13)14)30-31(27,28)24-12(2)25/h9-10,14-15,17-18H,4-8,11H2,1-3H3,(H,24,25)/t14-,15+,17-,18+,22-/m0/s1. The fraction of sp³-hybridized carbons (Fsp3) is 0.636. The Morgan fingerprint density at radius 1 is 1.29 bits per heavy atom. The monoisotopic (exact) mass is 453 g/mol. The van der Waals surface area contributed by atoms with Crippen LogP contribution in [0, 0.1) is 17.3 Å². The van der Waals surface area contributed by atoms with Crippen molar-refractivity contribution in [3.63, 3.8) is 0 Å². The van der Waals surface area contributed by atoms with Gasteiger partial charge in [-0.1, -0.05) is 6.92 Å². The summed E-state index contributed by atoms with van der Waals surface area (Å²) in [6.07, 6.45) is 2.56. The lowest BCUT2D eigenvalue weighted by Gasteiger charge is -2.49. The third kappa shape index (κ3) is 3.60. The molecule has 2 saturated carbocycles. The summed E-state index contributed by atoms with van der Waals surface area (Å²) in [5, 5.41) is 0. The number of Topliss-reactive ketones (excluding diaryl/α,β-unsaturated/α-hetero) is 1. The quantitative estimate of drug-likeness (QED) is 0.735. The predicted octanol–water partition coefficient (Wildman–Crippen LogP) is 3.22. The molecule has 0 spiro atoms. The molecule has 0 aliphatic heterocycles. The van der Waals surface area contributed by atoms with Gasteiger partial charge in [0.1, 0.15) is 0 Å². The first-order valence-electron chi connectivity index (χ1n) is 10.7. The second-order valence-electron chi connectivity index (χ2n) is 8.93. The molecule has 0 heterocycles. The minimum absolute atomic E-state index is 0.0204. The molecule has 1 N–H and O–H groups in total. The number of carbonyl (C=O) groups is 2. The lowest BCUT2D eigenvalue weighted by Crippen LogP contribution is -2.44. The van der Waals surface area contributed by atoms with Crippen molar-refractivity contribution in [1.29, 1.82) is 0 Å². The van der Waals surface area contributed by atoms with Crippen molar-refractivity contribution in [2.24, 2.45) is 17.3 Å². The number of halogens is 1. The van der Waals surface area contributed by atoms with Crippen molar-refractivity contribution in [1.82, 2.24) is 4.72 Å². The Labute approximate surface area is 181 Å². The molecule has 1 aromatic carbocycles. The van der Waals surface area contributed by atoms with Crippen LogP contribution in [-0.4, -0.2) is 33.4 Å². The van der Waals surface area contributed by atoms with Crippen LogP contribution in [0.3, 0.4) is 0 Å². The zero-order valence-electron chi connectivity index (χ0n) is 17.9. The van der Waals surface area contributed by atoms with Crippen LogP contribution in [0.1, 0.15) is 63.0 Å². The molecule has 1 amide bonds. The van der Waals surface area contributed by atoms with Crippen LogP contribution < -0.4 is 13.6 Å². The van der Waals surface area contributed by atoms with E-state index in [9.17, 15) is 22.4 Å². The van der Waals surface area contributed by atoms with E-state index in [1.807, 2.05) is 6.92 Å². The summed E-state index contributed by atoms with van der Waals surface area (Å²) in [5.41, 5.74) is 1.47. The highest BCUT2D eigenvalue weighted by Crippen LogP contribution is 2.61. The highest BCUT2D eigenvalue weighted by molar-refractivity contribution is 7.85. The number of benzene rings is 1. The Balaban J connectivity index is 1.67. The van der Waals surface area contributed by atoms with Crippen LogP contribution in [0.5, 0.6) is 11.5 Å². The van der Waals surface area contributed by atoms with Gasteiger partial charge in [-0.3, -0.25) is 9.59 Å². The third-order valence-electron chi connectivity index (χ3n) is 7.55. The van der Waals surface area contributed by atoms with Crippen LogP contribution >= 0.6 is 0 Å².